The van der Waals surface area contributed by atoms with Gasteiger partial charge in [0.2, 0.25) is 5.69 Å². The van der Waals surface area contributed by atoms with Crippen LogP contribution >= 0.6 is 11.6 Å². The van der Waals surface area contributed by atoms with Crippen molar-refractivity contribution in [3.8, 4) is 23.0 Å². The molecule has 0 aliphatic heterocycles. The fourth-order valence-electron chi connectivity index (χ4n) is 2.11. The van der Waals surface area contributed by atoms with E-state index < -0.39 is 17.6 Å². The minimum Gasteiger partial charge on any atom is -0.461 e. The second-order valence-electron chi connectivity index (χ2n) is 5.19. The number of carbonyl (C=O) groups is 1. The summed E-state index contributed by atoms with van der Waals surface area (Å²) < 4.78 is 38.0. The number of hydrogen-bond donors (Lipinski definition) is 0. The molecule has 0 atom stereocenters. The normalized spacial score (nSPS) is 10.5. The van der Waals surface area contributed by atoms with Gasteiger partial charge in [-0.2, -0.15) is 4.98 Å². The van der Waals surface area contributed by atoms with Crippen molar-refractivity contribution in [2.75, 3.05) is 6.61 Å². The van der Waals surface area contributed by atoms with Gasteiger partial charge in [0.1, 0.15) is 17.4 Å². The van der Waals surface area contributed by atoms with Crippen LogP contribution in [-0.2, 0) is 4.74 Å². The third-order valence-corrected chi connectivity index (χ3v) is 3.57. The molecule has 0 unspecified atom stereocenters. The highest BCUT2D eigenvalue weighted by molar-refractivity contribution is 6.30. The van der Waals surface area contributed by atoms with Crippen molar-refractivity contribution in [3.63, 3.8) is 0 Å². The lowest BCUT2D eigenvalue weighted by atomic mass is 10.2. The van der Waals surface area contributed by atoms with Crippen molar-refractivity contribution in [2.45, 2.75) is 6.92 Å². The Bertz CT molecular complexity index is 984. The van der Waals surface area contributed by atoms with E-state index in [2.05, 4.69) is 15.2 Å². The lowest BCUT2D eigenvalue weighted by Gasteiger charge is -2.10. The third kappa shape index (κ3) is 4.35. The summed E-state index contributed by atoms with van der Waals surface area (Å²) in [6.45, 7) is 1.72. The highest BCUT2D eigenvalue weighted by Crippen LogP contribution is 2.27. The maximum absolute atomic E-state index is 14.0. The molecule has 0 spiro atoms. The van der Waals surface area contributed by atoms with Crippen molar-refractivity contribution in [1.82, 2.24) is 15.2 Å². The number of hydrogen-bond acceptors (Lipinski definition) is 6. The van der Waals surface area contributed by atoms with E-state index in [1.807, 2.05) is 0 Å². The van der Waals surface area contributed by atoms with Crippen LogP contribution in [0.2, 0.25) is 5.02 Å². The van der Waals surface area contributed by atoms with Crippen LogP contribution in [0.5, 0.6) is 11.6 Å². The molecule has 0 saturated carbocycles. The highest BCUT2D eigenvalue weighted by Gasteiger charge is 2.22. The van der Waals surface area contributed by atoms with Gasteiger partial charge in [-0.25, -0.2) is 13.6 Å². The van der Waals surface area contributed by atoms with E-state index in [0.717, 1.165) is 18.2 Å². The van der Waals surface area contributed by atoms with E-state index in [1.165, 1.54) is 0 Å². The Kier molecular flexibility index (Phi) is 5.56. The Balaban J connectivity index is 2.06. The monoisotopic (exact) mass is 391 g/mol. The number of nitrogens with zero attached hydrogens (tertiary/aromatic N) is 3. The van der Waals surface area contributed by atoms with Crippen LogP contribution in [-0.4, -0.2) is 27.8 Å². The van der Waals surface area contributed by atoms with Gasteiger partial charge in [0.15, 0.2) is 5.82 Å². The Morgan fingerprint density at radius 1 is 1.11 bits per heavy atom. The molecule has 138 valence electrons. The van der Waals surface area contributed by atoms with E-state index in [1.54, 1.807) is 31.2 Å². The first-order valence-corrected chi connectivity index (χ1v) is 8.16. The number of halogens is 3. The van der Waals surface area contributed by atoms with Crippen molar-refractivity contribution in [2.24, 2.45) is 0 Å². The summed E-state index contributed by atoms with van der Waals surface area (Å²) in [6, 6.07) is 9.05. The number of carbonyl (C=O) groups excluding carboxylic acids is 1. The van der Waals surface area contributed by atoms with Gasteiger partial charge in [0, 0.05) is 5.02 Å². The molecular weight excluding hydrogens is 380 g/mol. The van der Waals surface area contributed by atoms with Crippen molar-refractivity contribution in [1.29, 1.82) is 0 Å². The predicted molar refractivity (Wildman–Crippen MR) is 92.7 cm³/mol. The first-order valence-electron chi connectivity index (χ1n) is 7.78. The second kappa shape index (κ2) is 8.05. The molecule has 0 fully saturated rings. The average Bonchev–Trinajstić information content (AvgIpc) is 2.65. The number of ether oxygens (including phenoxy) is 2. The van der Waals surface area contributed by atoms with Crippen LogP contribution in [0.3, 0.4) is 0 Å². The van der Waals surface area contributed by atoms with E-state index in [9.17, 15) is 13.6 Å². The first kappa shape index (κ1) is 18.7. The first-order chi connectivity index (χ1) is 13.0. The number of benzene rings is 2. The van der Waals surface area contributed by atoms with Crippen molar-refractivity contribution in [3.05, 3.63) is 64.8 Å². The molecule has 0 N–H and O–H groups in total. The largest absolute Gasteiger partial charge is 0.461 e. The van der Waals surface area contributed by atoms with Gasteiger partial charge in [0.05, 0.1) is 12.2 Å². The number of aromatic nitrogens is 3. The van der Waals surface area contributed by atoms with Crippen LogP contribution in [0.1, 0.15) is 17.4 Å². The van der Waals surface area contributed by atoms with Gasteiger partial charge >= 0.3 is 5.97 Å². The lowest BCUT2D eigenvalue weighted by Crippen LogP contribution is -2.12. The van der Waals surface area contributed by atoms with Crippen LogP contribution in [0.25, 0.3) is 11.4 Å². The Morgan fingerprint density at radius 3 is 2.56 bits per heavy atom. The Hall–Kier alpha value is -3.13. The van der Waals surface area contributed by atoms with Crippen molar-refractivity contribution >= 4 is 17.6 Å². The lowest BCUT2D eigenvalue weighted by molar-refractivity contribution is 0.0514. The van der Waals surface area contributed by atoms with Crippen LogP contribution in [0, 0.1) is 11.6 Å². The molecule has 0 aliphatic carbocycles. The quantitative estimate of drug-likeness (QED) is 0.599. The maximum Gasteiger partial charge on any atom is 0.364 e. The molecule has 1 heterocycles. The summed E-state index contributed by atoms with van der Waals surface area (Å²) in [7, 11) is 0. The standard InChI is InChI=1S/C18H12ClF2N3O3/c1-2-26-18(25)15-17(27-12-6-3-10(19)4-7-12)22-16(24-23-15)13-9-11(20)5-8-14(13)21/h3-9H,2H2,1H3. The molecular formula is C18H12ClF2N3O3. The van der Waals surface area contributed by atoms with E-state index in [-0.39, 0.29) is 29.6 Å². The smallest absolute Gasteiger partial charge is 0.364 e. The number of esters is 1. The summed E-state index contributed by atoms with van der Waals surface area (Å²) >= 11 is 5.83. The molecule has 3 aromatic rings. The maximum atomic E-state index is 14.0. The van der Waals surface area contributed by atoms with Gasteiger partial charge in [-0.1, -0.05) is 11.6 Å². The Labute approximate surface area is 157 Å². The molecule has 2 aromatic carbocycles. The molecule has 3 rings (SSSR count). The van der Waals surface area contributed by atoms with Gasteiger partial charge in [0.25, 0.3) is 5.88 Å². The molecule has 9 heteroatoms. The van der Waals surface area contributed by atoms with Gasteiger partial charge in [-0.05, 0) is 49.4 Å². The summed E-state index contributed by atoms with van der Waals surface area (Å²) in [5, 5.41) is 7.91. The van der Waals surface area contributed by atoms with Crippen LogP contribution < -0.4 is 4.74 Å². The van der Waals surface area contributed by atoms with Crippen LogP contribution in [0.15, 0.2) is 42.5 Å². The van der Waals surface area contributed by atoms with E-state index in [4.69, 9.17) is 21.1 Å². The zero-order valence-electron chi connectivity index (χ0n) is 13.9. The van der Waals surface area contributed by atoms with Gasteiger partial charge in [-0.15, -0.1) is 10.2 Å². The Morgan fingerprint density at radius 2 is 1.85 bits per heavy atom. The minimum atomic E-state index is -0.812. The second-order valence-corrected chi connectivity index (χ2v) is 5.63. The highest BCUT2D eigenvalue weighted by atomic mass is 35.5. The fraction of sp³-hybridized carbons (Fsp3) is 0.111. The average molecular weight is 392 g/mol. The van der Waals surface area contributed by atoms with E-state index in [0.29, 0.717) is 10.8 Å². The van der Waals surface area contributed by atoms with Crippen molar-refractivity contribution < 1.29 is 23.0 Å². The summed E-state index contributed by atoms with van der Waals surface area (Å²) in [4.78, 5) is 16.1. The third-order valence-electron chi connectivity index (χ3n) is 3.32. The van der Waals surface area contributed by atoms with Crippen LogP contribution in [0.4, 0.5) is 8.78 Å². The zero-order valence-corrected chi connectivity index (χ0v) is 14.7. The predicted octanol–water partition coefficient (Wildman–Crippen LogP) is 4.44. The minimum absolute atomic E-state index is 0.0984. The molecule has 27 heavy (non-hydrogen) atoms. The molecule has 0 saturated heterocycles. The van der Waals surface area contributed by atoms with E-state index >= 15 is 0 Å². The molecule has 1 aromatic heterocycles. The summed E-state index contributed by atoms with van der Waals surface area (Å²) in [6.07, 6.45) is 0. The SMILES string of the molecule is CCOC(=O)c1nnc(-c2cc(F)ccc2F)nc1Oc1ccc(Cl)cc1. The number of rotatable bonds is 5. The molecule has 6 nitrogen and oxygen atoms in total. The molecule has 0 amide bonds. The summed E-state index contributed by atoms with van der Waals surface area (Å²) in [5.74, 6) is -2.44. The fourth-order valence-corrected chi connectivity index (χ4v) is 2.23. The summed E-state index contributed by atoms with van der Waals surface area (Å²) in [5.41, 5.74) is -0.522. The van der Waals surface area contributed by atoms with Gasteiger partial charge < -0.3 is 9.47 Å². The molecule has 0 radical (unpaired) electrons. The van der Waals surface area contributed by atoms with Gasteiger partial charge in [-0.3, -0.25) is 0 Å². The topological polar surface area (TPSA) is 74.2 Å². The zero-order chi connectivity index (χ0) is 19.4. The molecule has 0 bridgehead atoms. The molecule has 0 aliphatic rings.